The lowest BCUT2D eigenvalue weighted by Crippen LogP contribution is -2.27. The number of benzene rings is 2. The van der Waals surface area contributed by atoms with E-state index in [2.05, 4.69) is 61.7 Å². The van der Waals surface area contributed by atoms with E-state index in [1.807, 2.05) is 18.2 Å². The number of ketones is 1. The third-order valence-electron chi connectivity index (χ3n) is 5.36. The Kier molecular flexibility index (Phi) is 4.18. The molecule has 0 aliphatic heterocycles. The molecule has 1 aliphatic rings. The van der Waals surface area contributed by atoms with Crippen LogP contribution < -0.4 is 4.74 Å². The average molecular weight is 359 g/mol. The first kappa shape index (κ1) is 17.6. The normalized spacial score (nSPS) is 15.5. The minimum Gasteiger partial charge on any atom is -0.495 e. The van der Waals surface area contributed by atoms with Gasteiger partial charge in [-0.1, -0.05) is 55.8 Å². The topological polar surface area (TPSA) is 31.2 Å². The number of carbonyl (C=O) groups is 1. The molecule has 0 saturated heterocycles. The molecule has 27 heavy (non-hydrogen) atoms. The van der Waals surface area contributed by atoms with Crippen molar-refractivity contribution in [3.05, 3.63) is 71.4 Å². The number of aromatic nitrogens is 1. The Labute approximate surface area is 160 Å². The van der Waals surface area contributed by atoms with Gasteiger partial charge in [0.1, 0.15) is 5.75 Å². The SMILES string of the molecule is COc1ccccc1-n1c(-c2ccc(C)cc2)cc2c1CC(C)(C)CC2=O. The molecule has 138 valence electrons. The molecule has 1 heterocycles. The summed E-state index contributed by atoms with van der Waals surface area (Å²) in [6, 6.07) is 18.5. The van der Waals surface area contributed by atoms with Crippen molar-refractivity contribution in [2.45, 2.75) is 33.6 Å². The first-order chi connectivity index (χ1) is 12.9. The Morgan fingerprint density at radius 3 is 2.41 bits per heavy atom. The molecule has 3 nitrogen and oxygen atoms in total. The maximum Gasteiger partial charge on any atom is 0.165 e. The molecule has 0 fully saturated rings. The van der Waals surface area contributed by atoms with Gasteiger partial charge in [-0.2, -0.15) is 0 Å². The summed E-state index contributed by atoms with van der Waals surface area (Å²) in [6.45, 7) is 6.41. The molecule has 2 aromatic carbocycles. The van der Waals surface area contributed by atoms with Crippen LogP contribution in [0.2, 0.25) is 0 Å². The van der Waals surface area contributed by atoms with Crippen LogP contribution >= 0.6 is 0 Å². The summed E-state index contributed by atoms with van der Waals surface area (Å²) in [7, 11) is 1.69. The quantitative estimate of drug-likeness (QED) is 0.608. The highest BCUT2D eigenvalue weighted by molar-refractivity contribution is 6.00. The van der Waals surface area contributed by atoms with E-state index in [4.69, 9.17) is 4.74 Å². The number of aryl methyl sites for hydroxylation is 1. The summed E-state index contributed by atoms with van der Waals surface area (Å²) in [4.78, 5) is 12.9. The van der Waals surface area contributed by atoms with Crippen LogP contribution in [0.5, 0.6) is 5.75 Å². The van der Waals surface area contributed by atoms with Gasteiger partial charge in [-0.05, 0) is 42.5 Å². The highest BCUT2D eigenvalue weighted by Crippen LogP contribution is 2.41. The molecule has 3 aromatic rings. The number of para-hydroxylation sites is 2. The number of hydrogen-bond donors (Lipinski definition) is 0. The zero-order valence-corrected chi connectivity index (χ0v) is 16.4. The average Bonchev–Trinajstić information content (AvgIpc) is 3.00. The molecule has 4 rings (SSSR count). The van der Waals surface area contributed by atoms with Crippen LogP contribution in [0.3, 0.4) is 0 Å². The number of nitrogens with zero attached hydrogens (tertiary/aromatic N) is 1. The molecule has 3 heteroatoms. The number of Topliss-reactive ketones (excluding diaryl/α,β-unsaturated/α-hetero) is 1. The van der Waals surface area contributed by atoms with E-state index in [9.17, 15) is 4.79 Å². The van der Waals surface area contributed by atoms with Crippen molar-refractivity contribution >= 4 is 5.78 Å². The summed E-state index contributed by atoms with van der Waals surface area (Å²) in [5.41, 5.74) is 6.21. The number of rotatable bonds is 3. The molecule has 1 aromatic heterocycles. The number of hydrogen-bond acceptors (Lipinski definition) is 2. The first-order valence-corrected chi connectivity index (χ1v) is 9.38. The van der Waals surface area contributed by atoms with E-state index < -0.39 is 0 Å². The molecule has 0 atom stereocenters. The minimum atomic E-state index is -0.0489. The molecule has 0 radical (unpaired) electrons. The highest BCUT2D eigenvalue weighted by Gasteiger charge is 2.35. The molecular weight excluding hydrogens is 334 g/mol. The summed E-state index contributed by atoms with van der Waals surface area (Å²) in [5.74, 6) is 1.03. The standard InChI is InChI=1S/C24H25NO2/c1-16-9-11-17(12-10-16)20-13-18-21(14-24(2,3)15-22(18)26)25(20)19-7-5-6-8-23(19)27-4/h5-13H,14-15H2,1-4H3. The molecule has 0 N–H and O–H groups in total. The smallest absolute Gasteiger partial charge is 0.165 e. The minimum absolute atomic E-state index is 0.0489. The molecule has 0 spiro atoms. The molecule has 0 unspecified atom stereocenters. The van der Waals surface area contributed by atoms with Crippen LogP contribution in [-0.4, -0.2) is 17.5 Å². The molecule has 0 saturated carbocycles. The van der Waals surface area contributed by atoms with Gasteiger partial charge in [-0.15, -0.1) is 0 Å². The van der Waals surface area contributed by atoms with Crippen molar-refractivity contribution in [1.29, 1.82) is 0 Å². The lowest BCUT2D eigenvalue weighted by atomic mass is 9.76. The Balaban J connectivity index is 2.02. The van der Waals surface area contributed by atoms with Crippen LogP contribution in [0.1, 0.15) is 41.9 Å². The third kappa shape index (κ3) is 3.08. The lowest BCUT2D eigenvalue weighted by molar-refractivity contribution is 0.0911. The Morgan fingerprint density at radius 1 is 1.00 bits per heavy atom. The van der Waals surface area contributed by atoms with Gasteiger partial charge in [0.15, 0.2) is 5.78 Å². The van der Waals surface area contributed by atoms with Crippen molar-refractivity contribution in [1.82, 2.24) is 4.57 Å². The van der Waals surface area contributed by atoms with Crippen LogP contribution in [0.15, 0.2) is 54.6 Å². The first-order valence-electron chi connectivity index (χ1n) is 9.38. The summed E-state index contributed by atoms with van der Waals surface area (Å²) < 4.78 is 7.86. The largest absolute Gasteiger partial charge is 0.495 e. The van der Waals surface area contributed by atoms with Crippen LogP contribution in [0.4, 0.5) is 0 Å². The Morgan fingerprint density at radius 2 is 1.70 bits per heavy atom. The van der Waals surface area contributed by atoms with E-state index in [-0.39, 0.29) is 11.2 Å². The predicted molar refractivity (Wildman–Crippen MR) is 109 cm³/mol. The number of methoxy groups -OCH3 is 1. The Hall–Kier alpha value is -2.81. The zero-order valence-electron chi connectivity index (χ0n) is 16.4. The maximum atomic E-state index is 12.9. The van der Waals surface area contributed by atoms with Crippen molar-refractivity contribution < 1.29 is 9.53 Å². The molecule has 0 bridgehead atoms. The predicted octanol–water partition coefficient (Wildman–Crippen LogP) is 5.62. The van der Waals surface area contributed by atoms with Gasteiger partial charge < -0.3 is 9.30 Å². The van der Waals surface area contributed by atoms with Gasteiger partial charge in [0, 0.05) is 17.7 Å². The van der Waals surface area contributed by atoms with Gasteiger partial charge in [-0.3, -0.25) is 4.79 Å². The van der Waals surface area contributed by atoms with Crippen molar-refractivity contribution in [2.24, 2.45) is 5.41 Å². The highest BCUT2D eigenvalue weighted by atomic mass is 16.5. The lowest BCUT2D eigenvalue weighted by Gasteiger charge is -2.30. The third-order valence-corrected chi connectivity index (χ3v) is 5.36. The van der Waals surface area contributed by atoms with Crippen molar-refractivity contribution in [3.8, 4) is 22.7 Å². The summed E-state index contributed by atoms with van der Waals surface area (Å²) >= 11 is 0. The van der Waals surface area contributed by atoms with E-state index in [1.165, 1.54) is 5.56 Å². The number of fused-ring (bicyclic) bond motifs is 1. The number of carbonyl (C=O) groups excluding carboxylic acids is 1. The second-order valence-corrected chi connectivity index (χ2v) is 8.20. The molecule has 1 aliphatic carbocycles. The second-order valence-electron chi connectivity index (χ2n) is 8.20. The van der Waals surface area contributed by atoms with Gasteiger partial charge in [0.2, 0.25) is 0 Å². The van der Waals surface area contributed by atoms with Crippen LogP contribution in [0.25, 0.3) is 16.9 Å². The van der Waals surface area contributed by atoms with Crippen LogP contribution in [0, 0.1) is 12.3 Å². The van der Waals surface area contributed by atoms with E-state index in [0.29, 0.717) is 6.42 Å². The van der Waals surface area contributed by atoms with Gasteiger partial charge in [0.25, 0.3) is 0 Å². The summed E-state index contributed by atoms with van der Waals surface area (Å²) in [6.07, 6.45) is 1.45. The maximum absolute atomic E-state index is 12.9. The van der Waals surface area contributed by atoms with Gasteiger partial charge in [-0.25, -0.2) is 0 Å². The number of ether oxygens (including phenoxy) is 1. The fourth-order valence-electron chi connectivity index (χ4n) is 4.04. The van der Waals surface area contributed by atoms with Crippen LogP contribution in [-0.2, 0) is 6.42 Å². The van der Waals surface area contributed by atoms with Crippen molar-refractivity contribution in [2.75, 3.05) is 7.11 Å². The molecule has 0 amide bonds. The fraction of sp³-hybridized carbons (Fsp3) is 0.292. The zero-order chi connectivity index (χ0) is 19.2. The van der Waals surface area contributed by atoms with Crippen molar-refractivity contribution in [3.63, 3.8) is 0 Å². The van der Waals surface area contributed by atoms with E-state index >= 15 is 0 Å². The second kappa shape index (κ2) is 6.41. The monoisotopic (exact) mass is 359 g/mol. The van der Waals surface area contributed by atoms with Gasteiger partial charge >= 0.3 is 0 Å². The Bertz CT molecular complexity index is 1010. The molecular formula is C24H25NO2. The van der Waals surface area contributed by atoms with E-state index in [1.54, 1.807) is 7.11 Å². The fourth-order valence-corrected chi connectivity index (χ4v) is 4.04. The van der Waals surface area contributed by atoms with E-state index in [0.717, 1.165) is 40.4 Å². The van der Waals surface area contributed by atoms with Gasteiger partial charge in [0.05, 0.1) is 18.5 Å². The summed E-state index contributed by atoms with van der Waals surface area (Å²) in [5, 5.41) is 0.